The molecule has 0 spiro atoms. The van der Waals surface area contributed by atoms with E-state index >= 15 is 0 Å². The Balaban J connectivity index is 1.30. The van der Waals surface area contributed by atoms with Crippen LogP contribution in [0.15, 0.2) is 18.6 Å². The van der Waals surface area contributed by atoms with Gasteiger partial charge >= 0.3 is 6.18 Å². The van der Waals surface area contributed by atoms with Crippen molar-refractivity contribution in [3.05, 3.63) is 35.5 Å². The van der Waals surface area contributed by atoms with Gasteiger partial charge in [-0.05, 0) is 31.6 Å². The highest BCUT2D eigenvalue weighted by Crippen LogP contribution is 2.38. The highest BCUT2D eigenvalue weighted by Gasteiger charge is 2.32. The van der Waals surface area contributed by atoms with Gasteiger partial charge in [0.1, 0.15) is 17.5 Å². The van der Waals surface area contributed by atoms with Crippen molar-refractivity contribution < 1.29 is 17.9 Å². The SMILES string of the molecule is N#Cc1cnc(C2CC2)nc1OCC[C@H]1CCN(c2ncc(C(F)(F)F)cn2)C1. The summed E-state index contributed by atoms with van der Waals surface area (Å²) in [5.74, 6) is 2.03. The van der Waals surface area contributed by atoms with Gasteiger partial charge in [0.05, 0.1) is 18.4 Å². The molecule has 1 saturated heterocycles. The lowest BCUT2D eigenvalue weighted by Crippen LogP contribution is -2.23. The molecule has 1 atom stereocenters. The second kappa shape index (κ2) is 7.81. The van der Waals surface area contributed by atoms with E-state index in [2.05, 4.69) is 19.9 Å². The Morgan fingerprint density at radius 2 is 1.90 bits per heavy atom. The average Bonchev–Trinajstić information content (AvgIpc) is 3.46. The predicted molar refractivity (Wildman–Crippen MR) is 96.2 cm³/mol. The minimum atomic E-state index is -4.44. The maximum Gasteiger partial charge on any atom is 0.419 e. The molecule has 2 fully saturated rings. The summed E-state index contributed by atoms with van der Waals surface area (Å²) in [5.41, 5.74) is -0.533. The quantitative estimate of drug-likeness (QED) is 0.730. The number of ether oxygens (including phenoxy) is 1. The van der Waals surface area contributed by atoms with Crippen molar-refractivity contribution in [2.75, 3.05) is 24.6 Å². The van der Waals surface area contributed by atoms with Crippen molar-refractivity contribution in [3.63, 3.8) is 0 Å². The third-order valence-corrected chi connectivity index (χ3v) is 5.13. The molecule has 0 aromatic carbocycles. The second-order valence-electron chi connectivity index (χ2n) is 7.34. The monoisotopic (exact) mass is 404 g/mol. The Morgan fingerprint density at radius 1 is 1.14 bits per heavy atom. The topological polar surface area (TPSA) is 87.8 Å². The molecule has 1 aliphatic heterocycles. The van der Waals surface area contributed by atoms with E-state index in [0.717, 1.165) is 43.9 Å². The lowest BCUT2D eigenvalue weighted by molar-refractivity contribution is -0.138. The normalized spacial score (nSPS) is 19.2. The molecule has 3 heterocycles. The van der Waals surface area contributed by atoms with Gasteiger partial charge in [0.15, 0.2) is 0 Å². The minimum Gasteiger partial charge on any atom is -0.477 e. The van der Waals surface area contributed by atoms with E-state index in [0.29, 0.717) is 48.9 Å². The second-order valence-corrected chi connectivity index (χ2v) is 7.34. The lowest BCUT2D eigenvalue weighted by atomic mass is 10.1. The molecular weight excluding hydrogens is 385 g/mol. The Kier molecular flexibility index (Phi) is 5.22. The zero-order valence-corrected chi connectivity index (χ0v) is 15.6. The molecule has 0 N–H and O–H groups in total. The van der Waals surface area contributed by atoms with Gasteiger partial charge in [0, 0.05) is 31.4 Å². The van der Waals surface area contributed by atoms with Crippen LogP contribution in [0, 0.1) is 17.2 Å². The maximum atomic E-state index is 12.6. The van der Waals surface area contributed by atoms with Crippen LogP contribution in [-0.4, -0.2) is 39.6 Å². The standard InChI is InChI=1S/C19H19F3N6O/c20-19(21,22)15-9-25-18(26-10-15)28-5-3-12(11-28)4-6-29-17-14(7-23)8-24-16(27-17)13-1-2-13/h8-10,12-13H,1-6,11H2/t12-/m1/s1. The molecule has 29 heavy (non-hydrogen) atoms. The van der Waals surface area contributed by atoms with Gasteiger partial charge in [0.25, 0.3) is 0 Å². The Morgan fingerprint density at radius 3 is 2.55 bits per heavy atom. The Hall–Kier alpha value is -2.96. The largest absolute Gasteiger partial charge is 0.477 e. The first-order valence-electron chi connectivity index (χ1n) is 9.48. The molecule has 1 aliphatic carbocycles. The molecule has 152 valence electrons. The number of hydrogen-bond acceptors (Lipinski definition) is 7. The zero-order valence-electron chi connectivity index (χ0n) is 15.6. The van der Waals surface area contributed by atoms with E-state index in [-0.39, 0.29) is 0 Å². The van der Waals surface area contributed by atoms with Crippen molar-refractivity contribution >= 4 is 5.95 Å². The summed E-state index contributed by atoms with van der Waals surface area (Å²) >= 11 is 0. The van der Waals surface area contributed by atoms with Gasteiger partial charge in [-0.2, -0.15) is 23.4 Å². The van der Waals surface area contributed by atoms with Crippen molar-refractivity contribution in [1.82, 2.24) is 19.9 Å². The number of halogens is 3. The van der Waals surface area contributed by atoms with E-state index in [1.807, 2.05) is 11.0 Å². The summed E-state index contributed by atoms with van der Waals surface area (Å²) in [4.78, 5) is 18.2. The van der Waals surface area contributed by atoms with E-state index in [1.165, 1.54) is 6.20 Å². The van der Waals surface area contributed by atoms with Crippen molar-refractivity contribution in [2.24, 2.45) is 5.92 Å². The molecule has 2 aliphatic rings. The number of anilines is 1. The van der Waals surface area contributed by atoms with Crippen LogP contribution in [0.4, 0.5) is 19.1 Å². The summed E-state index contributed by atoms with van der Waals surface area (Å²) < 4.78 is 43.6. The third-order valence-electron chi connectivity index (χ3n) is 5.13. The van der Waals surface area contributed by atoms with Crippen LogP contribution in [0.1, 0.15) is 48.6 Å². The number of nitrogens with zero attached hydrogens (tertiary/aromatic N) is 6. The first kappa shape index (κ1) is 19.4. The minimum absolute atomic E-state index is 0.302. The summed E-state index contributed by atoms with van der Waals surface area (Å²) in [7, 11) is 0. The van der Waals surface area contributed by atoms with E-state index in [1.54, 1.807) is 0 Å². The van der Waals surface area contributed by atoms with Crippen LogP contribution in [0.5, 0.6) is 5.88 Å². The van der Waals surface area contributed by atoms with E-state index < -0.39 is 11.7 Å². The van der Waals surface area contributed by atoms with Crippen LogP contribution >= 0.6 is 0 Å². The maximum absolute atomic E-state index is 12.6. The van der Waals surface area contributed by atoms with Crippen LogP contribution in [0.25, 0.3) is 0 Å². The predicted octanol–water partition coefficient (Wildman–Crippen LogP) is 3.33. The van der Waals surface area contributed by atoms with Crippen LogP contribution in [0.3, 0.4) is 0 Å². The number of hydrogen-bond donors (Lipinski definition) is 0. The van der Waals surface area contributed by atoms with Crippen molar-refractivity contribution in [1.29, 1.82) is 5.26 Å². The molecule has 7 nitrogen and oxygen atoms in total. The van der Waals surface area contributed by atoms with Crippen LogP contribution < -0.4 is 9.64 Å². The molecule has 0 unspecified atom stereocenters. The highest BCUT2D eigenvalue weighted by atomic mass is 19.4. The highest BCUT2D eigenvalue weighted by molar-refractivity contribution is 5.36. The van der Waals surface area contributed by atoms with Crippen molar-refractivity contribution in [3.8, 4) is 11.9 Å². The number of alkyl halides is 3. The molecule has 1 saturated carbocycles. The first-order chi connectivity index (χ1) is 13.9. The number of aromatic nitrogens is 4. The van der Waals surface area contributed by atoms with Crippen LogP contribution in [0.2, 0.25) is 0 Å². The molecule has 2 aromatic heterocycles. The fourth-order valence-electron chi connectivity index (χ4n) is 3.31. The molecule has 0 amide bonds. The zero-order chi connectivity index (χ0) is 20.4. The van der Waals surface area contributed by atoms with Gasteiger partial charge < -0.3 is 9.64 Å². The summed E-state index contributed by atoms with van der Waals surface area (Å²) in [6.07, 6.45) is 2.44. The first-order valence-corrected chi connectivity index (χ1v) is 9.48. The lowest BCUT2D eigenvalue weighted by Gasteiger charge is -2.17. The van der Waals surface area contributed by atoms with Gasteiger partial charge in [0.2, 0.25) is 11.8 Å². The molecule has 2 aromatic rings. The summed E-state index contributed by atoms with van der Waals surface area (Å²) in [6.45, 7) is 1.73. The summed E-state index contributed by atoms with van der Waals surface area (Å²) in [6, 6.07) is 2.05. The van der Waals surface area contributed by atoms with E-state index in [4.69, 9.17) is 4.74 Å². The third kappa shape index (κ3) is 4.55. The Labute approximate surface area is 165 Å². The molecule has 0 bridgehead atoms. The van der Waals surface area contributed by atoms with Gasteiger partial charge in [-0.3, -0.25) is 0 Å². The van der Waals surface area contributed by atoms with Crippen LogP contribution in [-0.2, 0) is 6.18 Å². The summed E-state index contributed by atoms with van der Waals surface area (Å²) in [5, 5.41) is 9.20. The number of nitriles is 1. The van der Waals surface area contributed by atoms with Gasteiger partial charge in [-0.25, -0.2) is 15.0 Å². The van der Waals surface area contributed by atoms with E-state index in [9.17, 15) is 18.4 Å². The fourth-order valence-corrected chi connectivity index (χ4v) is 3.31. The average molecular weight is 404 g/mol. The molecule has 4 rings (SSSR count). The smallest absolute Gasteiger partial charge is 0.419 e. The molecular formula is C19H19F3N6O. The van der Waals surface area contributed by atoms with Gasteiger partial charge in [-0.15, -0.1) is 0 Å². The van der Waals surface area contributed by atoms with Crippen molar-refractivity contribution in [2.45, 2.75) is 37.8 Å². The number of rotatable bonds is 6. The molecule has 10 heteroatoms. The molecule has 0 radical (unpaired) electrons. The van der Waals surface area contributed by atoms with Gasteiger partial charge in [-0.1, -0.05) is 0 Å². The Bertz CT molecular complexity index is 908. The fraction of sp³-hybridized carbons (Fsp3) is 0.526.